The van der Waals surface area contributed by atoms with E-state index in [1.807, 2.05) is 97.1 Å². The average molecular weight is 631 g/mol. The third-order valence-electron chi connectivity index (χ3n) is 8.91. The van der Waals surface area contributed by atoms with Crippen LogP contribution >= 0.6 is 0 Å². The molecule has 0 fully saturated rings. The molecule has 48 heavy (non-hydrogen) atoms. The summed E-state index contributed by atoms with van der Waals surface area (Å²) in [7, 11) is 0. The highest BCUT2D eigenvalue weighted by atomic mass is 16.3. The number of rotatable bonds is 4. The van der Waals surface area contributed by atoms with Gasteiger partial charge in [-0.15, -0.1) is 0 Å². The molecule has 238 valence electrons. The van der Waals surface area contributed by atoms with Gasteiger partial charge in [-0.1, -0.05) is 77.9 Å². The Bertz CT molecular complexity index is 2150. The zero-order valence-corrected chi connectivity index (χ0v) is 28.1. The first-order valence-electron chi connectivity index (χ1n) is 16.2. The zero-order valence-electron chi connectivity index (χ0n) is 28.1. The first-order valence-corrected chi connectivity index (χ1v) is 16.2. The number of pyridine rings is 4. The molecule has 0 aliphatic rings. The van der Waals surface area contributed by atoms with E-state index in [4.69, 9.17) is 9.97 Å². The first-order chi connectivity index (χ1) is 22.9. The minimum absolute atomic E-state index is 0.133. The Morgan fingerprint density at radius 2 is 0.792 bits per heavy atom. The van der Waals surface area contributed by atoms with Crippen molar-refractivity contribution in [1.29, 1.82) is 0 Å². The molecule has 0 spiro atoms. The van der Waals surface area contributed by atoms with Crippen LogP contribution in [0, 0.1) is 0 Å². The Labute approximate surface area is 280 Å². The van der Waals surface area contributed by atoms with Crippen molar-refractivity contribution >= 4 is 21.8 Å². The summed E-state index contributed by atoms with van der Waals surface area (Å²) in [5, 5.41) is 25.2. The Kier molecular flexibility index (Phi) is 7.47. The molecule has 0 amide bonds. The molecule has 4 aromatic heterocycles. The number of hydrogen-bond acceptors (Lipinski definition) is 6. The van der Waals surface area contributed by atoms with Crippen LogP contribution in [-0.2, 0) is 10.8 Å². The summed E-state index contributed by atoms with van der Waals surface area (Å²) in [6, 6.07) is 31.5. The second-order valence-corrected chi connectivity index (χ2v) is 14.4. The van der Waals surface area contributed by atoms with Gasteiger partial charge in [0.2, 0.25) is 0 Å². The lowest BCUT2D eigenvalue weighted by molar-refractivity contribution is 0.477. The fraction of sp³-hybridized carbons (Fsp3) is 0.190. The van der Waals surface area contributed by atoms with Gasteiger partial charge in [0.1, 0.15) is 11.5 Å². The molecule has 0 aliphatic carbocycles. The summed E-state index contributed by atoms with van der Waals surface area (Å²) in [6.45, 7) is 12.9. The maximum atomic E-state index is 11.7. The van der Waals surface area contributed by atoms with Gasteiger partial charge in [0.05, 0.1) is 33.8 Å². The van der Waals surface area contributed by atoms with Crippen LogP contribution in [0.15, 0.2) is 109 Å². The Morgan fingerprint density at radius 1 is 0.438 bits per heavy atom. The minimum atomic E-state index is -0.177. The number of nitrogens with zero attached hydrogens (tertiary/aromatic N) is 4. The molecule has 0 atom stereocenters. The number of phenolic OH excluding ortho intramolecular Hbond substituents is 2. The minimum Gasteiger partial charge on any atom is -0.507 e. The third-order valence-corrected chi connectivity index (χ3v) is 8.91. The van der Waals surface area contributed by atoms with E-state index in [1.54, 1.807) is 12.4 Å². The molecule has 0 saturated heterocycles. The van der Waals surface area contributed by atoms with E-state index in [2.05, 4.69) is 51.5 Å². The highest BCUT2D eigenvalue weighted by Crippen LogP contribution is 2.43. The van der Waals surface area contributed by atoms with Crippen LogP contribution in [0.1, 0.15) is 52.7 Å². The first kappa shape index (κ1) is 31.0. The van der Waals surface area contributed by atoms with E-state index in [1.165, 1.54) is 0 Å². The van der Waals surface area contributed by atoms with E-state index in [0.717, 1.165) is 21.9 Å². The predicted molar refractivity (Wildman–Crippen MR) is 195 cm³/mol. The summed E-state index contributed by atoms with van der Waals surface area (Å²) in [5.41, 5.74) is 8.46. The van der Waals surface area contributed by atoms with E-state index in [0.29, 0.717) is 56.1 Å². The van der Waals surface area contributed by atoms with Gasteiger partial charge < -0.3 is 10.2 Å². The molecular formula is C42H38N4O2. The lowest BCUT2D eigenvalue weighted by Crippen LogP contribution is -2.11. The van der Waals surface area contributed by atoms with Crippen molar-refractivity contribution in [3.8, 4) is 56.5 Å². The Hall–Kier alpha value is -5.62. The second-order valence-electron chi connectivity index (χ2n) is 14.4. The van der Waals surface area contributed by atoms with E-state index in [9.17, 15) is 10.2 Å². The molecule has 4 heterocycles. The summed E-state index contributed by atoms with van der Waals surface area (Å²) in [4.78, 5) is 19.4. The Balaban J connectivity index is 1.45. The lowest BCUT2D eigenvalue weighted by atomic mass is 9.83. The van der Waals surface area contributed by atoms with Crippen LogP contribution in [0.5, 0.6) is 11.5 Å². The lowest BCUT2D eigenvalue weighted by Gasteiger charge is -2.22. The quantitative estimate of drug-likeness (QED) is 0.188. The largest absolute Gasteiger partial charge is 0.507 e. The molecule has 0 saturated carbocycles. The molecule has 6 heteroatoms. The maximum absolute atomic E-state index is 11.7. The number of hydrogen-bond donors (Lipinski definition) is 2. The summed E-state index contributed by atoms with van der Waals surface area (Å²) < 4.78 is 0. The van der Waals surface area contributed by atoms with Gasteiger partial charge in [0.15, 0.2) is 0 Å². The van der Waals surface area contributed by atoms with Crippen molar-refractivity contribution in [2.45, 2.75) is 52.4 Å². The summed E-state index contributed by atoms with van der Waals surface area (Å²) in [5.74, 6) is 0.266. The fourth-order valence-corrected chi connectivity index (χ4v) is 6.03. The van der Waals surface area contributed by atoms with Gasteiger partial charge in [-0.25, -0.2) is 9.97 Å². The predicted octanol–water partition coefficient (Wildman–Crippen LogP) is 10.2. The summed E-state index contributed by atoms with van der Waals surface area (Å²) >= 11 is 0. The van der Waals surface area contributed by atoms with E-state index < -0.39 is 0 Å². The number of phenols is 2. The van der Waals surface area contributed by atoms with Crippen molar-refractivity contribution in [1.82, 2.24) is 19.9 Å². The number of aromatic hydroxyl groups is 2. The molecule has 2 N–H and O–H groups in total. The molecule has 0 aliphatic heterocycles. The molecule has 7 rings (SSSR count). The Morgan fingerprint density at radius 3 is 1.12 bits per heavy atom. The van der Waals surface area contributed by atoms with Gasteiger partial charge in [0, 0.05) is 45.4 Å². The standard InChI is InChI=1S/C42H38N4O2/c1-41(2,3)27-21-29(33-11-7-9-19-43-33)39(47)31(23-27)35-17-15-25-13-14-26-16-18-36(46-38(26)37(25)45-35)32-24-28(42(4,5)6)22-30(40(32)48)34-12-8-10-20-44-34/h7-24,47-48H,1-6H3. The SMILES string of the molecule is CC(C)(C)c1cc(-c2ccccn2)c(O)c(-c2ccc3ccc4ccc(-c5cc(C(C)(C)C)cc(-c6ccccn6)c5O)nc4c3n2)c1. The highest BCUT2D eigenvalue weighted by Gasteiger charge is 2.24. The van der Waals surface area contributed by atoms with Crippen LogP contribution in [0.25, 0.3) is 66.8 Å². The van der Waals surface area contributed by atoms with Gasteiger partial charge in [-0.05, 0) is 82.6 Å². The molecule has 0 bridgehead atoms. The molecular weight excluding hydrogens is 592 g/mol. The smallest absolute Gasteiger partial charge is 0.134 e. The van der Waals surface area contributed by atoms with Gasteiger partial charge >= 0.3 is 0 Å². The molecule has 3 aromatic carbocycles. The van der Waals surface area contributed by atoms with Crippen LogP contribution in [0.4, 0.5) is 0 Å². The van der Waals surface area contributed by atoms with Crippen molar-refractivity contribution in [3.05, 3.63) is 121 Å². The number of aromatic nitrogens is 4. The molecule has 7 aromatic rings. The van der Waals surface area contributed by atoms with Crippen LogP contribution in [0.2, 0.25) is 0 Å². The molecule has 0 unspecified atom stereocenters. The van der Waals surface area contributed by atoms with E-state index in [-0.39, 0.29) is 22.3 Å². The number of benzene rings is 3. The topological polar surface area (TPSA) is 92.0 Å². The van der Waals surface area contributed by atoms with Crippen molar-refractivity contribution < 1.29 is 10.2 Å². The van der Waals surface area contributed by atoms with Crippen LogP contribution in [-0.4, -0.2) is 30.1 Å². The fourth-order valence-electron chi connectivity index (χ4n) is 6.03. The van der Waals surface area contributed by atoms with Crippen molar-refractivity contribution in [3.63, 3.8) is 0 Å². The van der Waals surface area contributed by atoms with Crippen LogP contribution < -0.4 is 0 Å². The molecule has 0 radical (unpaired) electrons. The zero-order chi connectivity index (χ0) is 33.8. The number of fused-ring (bicyclic) bond motifs is 3. The molecule has 6 nitrogen and oxygen atoms in total. The maximum Gasteiger partial charge on any atom is 0.134 e. The van der Waals surface area contributed by atoms with Crippen LogP contribution in [0.3, 0.4) is 0 Å². The monoisotopic (exact) mass is 630 g/mol. The van der Waals surface area contributed by atoms with Gasteiger partial charge in [-0.3, -0.25) is 9.97 Å². The van der Waals surface area contributed by atoms with Crippen molar-refractivity contribution in [2.24, 2.45) is 0 Å². The van der Waals surface area contributed by atoms with E-state index >= 15 is 0 Å². The highest BCUT2D eigenvalue weighted by molar-refractivity contribution is 6.04. The summed E-state index contributed by atoms with van der Waals surface area (Å²) in [6.07, 6.45) is 3.46. The van der Waals surface area contributed by atoms with Gasteiger partial charge in [0.25, 0.3) is 0 Å². The normalized spacial score (nSPS) is 12.1. The van der Waals surface area contributed by atoms with Gasteiger partial charge in [-0.2, -0.15) is 0 Å². The third kappa shape index (κ3) is 5.64. The second kappa shape index (κ2) is 11.6. The van der Waals surface area contributed by atoms with Crippen molar-refractivity contribution in [2.75, 3.05) is 0 Å². The average Bonchev–Trinajstić information content (AvgIpc) is 3.07.